The molecule has 5 aromatic rings. The van der Waals surface area contributed by atoms with Crippen LogP contribution < -0.4 is 9.80 Å². The lowest BCUT2D eigenvalue weighted by Gasteiger charge is -2.33. The summed E-state index contributed by atoms with van der Waals surface area (Å²) < 4.78 is 0. The molecular weight excluding hydrogens is 440 g/mol. The first-order valence-corrected chi connectivity index (χ1v) is 12.5. The fraction of sp³-hybridized carbons (Fsp3) is 0.156. The number of aromatic nitrogens is 2. The van der Waals surface area contributed by atoms with Crippen molar-refractivity contribution >= 4 is 17.1 Å². The molecule has 0 saturated heterocycles. The predicted molar refractivity (Wildman–Crippen MR) is 147 cm³/mol. The highest BCUT2D eigenvalue weighted by atomic mass is 15.4. The van der Waals surface area contributed by atoms with Gasteiger partial charge in [0.15, 0.2) is 0 Å². The molecule has 2 heterocycles. The monoisotopic (exact) mass is 468 g/mol. The normalized spacial score (nSPS) is 15.1. The van der Waals surface area contributed by atoms with E-state index in [1.165, 1.54) is 56.0 Å². The van der Waals surface area contributed by atoms with E-state index in [0.29, 0.717) is 0 Å². The van der Waals surface area contributed by atoms with E-state index in [1.807, 2.05) is 6.20 Å². The van der Waals surface area contributed by atoms with Crippen molar-refractivity contribution in [1.82, 2.24) is 10.2 Å². The molecule has 1 aromatic heterocycles. The fourth-order valence-corrected chi connectivity index (χ4v) is 6.28. The minimum absolute atomic E-state index is 0.472. The van der Waals surface area contributed by atoms with Crippen molar-refractivity contribution in [2.24, 2.45) is 0 Å². The van der Waals surface area contributed by atoms with E-state index in [9.17, 15) is 0 Å². The Balaban J connectivity index is 1.52. The van der Waals surface area contributed by atoms with Gasteiger partial charge in [0.2, 0.25) is 0 Å². The maximum Gasteiger partial charge on any atom is 0.0950 e. The van der Waals surface area contributed by atoms with Gasteiger partial charge in [0.05, 0.1) is 29.2 Å². The summed E-state index contributed by atoms with van der Waals surface area (Å²) in [6.07, 6.45) is 1.87. The quantitative estimate of drug-likeness (QED) is 0.306. The zero-order chi connectivity index (χ0) is 24.4. The molecule has 4 nitrogen and oxygen atoms in total. The summed E-state index contributed by atoms with van der Waals surface area (Å²) in [7, 11) is 2.16. The number of anilines is 3. The SMILES string of the molecule is Cc1ccc2c(c1)C(c1cccc(N3CN(C)c4ccccc43)c1)(c1ccn[nH]1)c1cc(C)ccc1-2. The summed E-state index contributed by atoms with van der Waals surface area (Å²) in [6.45, 7) is 5.19. The van der Waals surface area contributed by atoms with E-state index < -0.39 is 5.41 Å². The maximum atomic E-state index is 4.43. The molecule has 0 unspecified atom stereocenters. The maximum absolute atomic E-state index is 4.43. The first kappa shape index (κ1) is 21.0. The molecule has 2 aliphatic rings. The molecule has 176 valence electrons. The first-order chi connectivity index (χ1) is 17.6. The van der Waals surface area contributed by atoms with Gasteiger partial charge in [-0.3, -0.25) is 5.10 Å². The molecule has 4 heteroatoms. The van der Waals surface area contributed by atoms with Gasteiger partial charge in [0.25, 0.3) is 0 Å². The van der Waals surface area contributed by atoms with E-state index in [4.69, 9.17) is 0 Å². The zero-order valence-corrected chi connectivity index (χ0v) is 20.8. The highest BCUT2D eigenvalue weighted by Gasteiger charge is 2.47. The van der Waals surface area contributed by atoms with Gasteiger partial charge in [-0.05, 0) is 72.0 Å². The first-order valence-electron chi connectivity index (χ1n) is 12.5. The van der Waals surface area contributed by atoms with Crippen molar-refractivity contribution in [2.75, 3.05) is 23.5 Å². The van der Waals surface area contributed by atoms with Crippen molar-refractivity contribution < 1.29 is 0 Å². The van der Waals surface area contributed by atoms with Gasteiger partial charge >= 0.3 is 0 Å². The third-order valence-corrected chi connectivity index (χ3v) is 7.88. The summed E-state index contributed by atoms with van der Waals surface area (Å²) in [6, 6.07) is 33.6. The van der Waals surface area contributed by atoms with Crippen molar-refractivity contribution in [3.05, 3.63) is 131 Å². The lowest BCUT2D eigenvalue weighted by Crippen LogP contribution is -2.30. The van der Waals surface area contributed by atoms with Crippen LogP contribution in [0.3, 0.4) is 0 Å². The highest BCUT2D eigenvalue weighted by Crippen LogP contribution is 2.56. The lowest BCUT2D eigenvalue weighted by atomic mass is 9.69. The standard InChI is InChI=1S/C32H28N4/c1-21-11-13-25-26-14-12-22(2)18-28(26)32(27(25)17-21,31-15-16-33-34-31)23-7-6-8-24(19-23)36-20-35(3)29-9-4-5-10-30(29)36/h4-19H,20H2,1-3H3,(H,33,34). The van der Waals surface area contributed by atoms with Crippen LogP contribution in [0.15, 0.2) is 97.2 Å². The third-order valence-electron chi connectivity index (χ3n) is 7.88. The van der Waals surface area contributed by atoms with Gasteiger partial charge in [-0.2, -0.15) is 5.10 Å². The van der Waals surface area contributed by atoms with Crippen LogP contribution in [0.5, 0.6) is 0 Å². The van der Waals surface area contributed by atoms with Crippen LogP contribution in [0.25, 0.3) is 11.1 Å². The molecule has 1 N–H and O–H groups in total. The Labute approximate surface area is 211 Å². The van der Waals surface area contributed by atoms with E-state index >= 15 is 0 Å². The van der Waals surface area contributed by atoms with Gasteiger partial charge in [0, 0.05) is 18.9 Å². The van der Waals surface area contributed by atoms with Crippen molar-refractivity contribution in [3.8, 4) is 11.1 Å². The molecule has 7 rings (SSSR count). The summed E-state index contributed by atoms with van der Waals surface area (Å²) in [5, 5.41) is 7.80. The second-order valence-electron chi connectivity index (χ2n) is 10.1. The average molecular weight is 469 g/mol. The summed E-state index contributed by atoms with van der Waals surface area (Å²) >= 11 is 0. The molecule has 0 spiro atoms. The van der Waals surface area contributed by atoms with E-state index in [0.717, 1.165) is 12.4 Å². The molecule has 1 aliphatic heterocycles. The molecule has 0 saturated carbocycles. The number of hydrogen-bond donors (Lipinski definition) is 1. The molecule has 4 aromatic carbocycles. The van der Waals surface area contributed by atoms with E-state index in [2.05, 4.69) is 132 Å². The highest BCUT2D eigenvalue weighted by molar-refractivity contribution is 5.87. The predicted octanol–water partition coefficient (Wildman–Crippen LogP) is 6.94. The molecule has 0 bridgehead atoms. The molecule has 0 atom stereocenters. The Kier molecular flexibility index (Phi) is 4.43. The lowest BCUT2D eigenvalue weighted by molar-refractivity contribution is 0.726. The minimum Gasteiger partial charge on any atom is -0.355 e. The van der Waals surface area contributed by atoms with Crippen LogP contribution in [0.4, 0.5) is 17.1 Å². The number of aromatic amines is 1. The van der Waals surface area contributed by atoms with Crippen LogP contribution in [-0.2, 0) is 5.41 Å². The van der Waals surface area contributed by atoms with Crippen molar-refractivity contribution in [1.29, 1.82) is 0 Å². The van der Waals surface area contributed by atoms with E-state index in [-0.39, 0.29) is 0 Å². The zero-order valence-electron chi connectivity index (χ0n) is 20.8. The molecule has 0 amide bonds. The van der Waals surface area contributed by atoms with Crippen molar-refractivity contribution in [3.63, 3.8) is 0 Å². The van der Waals surface area contributed by atoms with Gasteiger partial charge < -0.3 is 9.80 Å². The molecular formula is C32H28N4. The second-order valence-corrected chi connectivity index (χ2v) is 10.1. The van der Waals surface area contributed by atoms with Crippen LogP contribution in [0.1, 0.15) is 33.5 Å². The van der Waals surface area contributed by atoms with Gasteiger partial charge in [-0.15, -0.1) is 0 Å². The second kappa shape index (κ2) is 7.59. The summed E-state index contributed by atoms with van der Waals surface area (Å²) in [5.74, 6) is 0. The number of aryl methyl sites for hydroxylation is 2. The fourth-order valence-electron chi connectivity index (χ4n) is 6.28. The van der Waals surface area contributed by atoms with Crippen molar-refractivity contribution in [2.45, 2.75) is 19.3 Å². The Hall–Kier alpha value is -4.31. The minimum atomic E-state index is -0.472. The number of nitrogens with one attached hydrogen (secondary N) is 1. The van der Waals surface area contributed by atoms with Gasteiger partial charge in [0.1, 0.15) is 0 Å². The van der Waals surface area contributed by atoms with Crippen LogP contribution in [0, 0.1) is 13.8 Å². The Morgan fingerprint density at radius 1 is 0.750 bits per heavy atom. The Morgan fingerprint density at radius 2 is 1.44 bits per heavy atom. The number of benzene rings is 4. The summed E-state index contributed by atoms with van der Waals surface area (Å²) in [5.41, 5.74) is 13.3. The van der Waals surface area contributed by atoms with Gasteiger partial charge in [-0.1, -0.05) is 71.8 Å². The smallest absolute Gasteiger partial charge is 0.0950 e. The van der Waals surface area contributed by atoms with Crippen LogP contribution in [0.2, 0.25) is 0 Å². The Morgan fingerprint density at radius 3 is 2.11 bits per heavy atom. The molecule has 0 radical (unpaired) electrons. The van der Waals surface area contributed by atoms with Crippen LogP contribution in [-0.4, -0.2) is 23.9 Å². The molecule has 0 fully saturated rings. The number of rotatable bonds is 3. The average Bonchev–Trinajstić information content (AvgIpc) is 3.60. The Bertz CT molecular complexity index is 1560. The molecule has 36 heavy (non-hydrogen) atoms. The van der Waals surface area contributed by atoms with Crippen LogP contribution >= 0.6 is 0 Å². The number of fused-ring (bicyclic) bond motifs is 4. The summed E-state index contributed by atoms with van der Waals surface area (Å²) in [4.78, 5) is 4.71. The largest absolute Gasteiger partial charge is 0.355 e. The number of para-hydroxylation sites is 2. The number of nitrogens with zero attached hydrogens (tertiary/aromatic N) is 3. The van der Waals surface area contributed by atoms with Gasteiger partial charge in [-0.25, -0.2) is 0 Å². The number of hydrogen-bond acceptors (Lipinski definition) is 3. The van der Waals surface area contributed by atoms with E-state index in [1.54, 1.807) is 0 Å². The number of H-pyrrole nitrogens is 1. The topological polar surface area (TPSA) is 35.2 Å². The molecule has 1 aliphatic carbocycles. The third kappa shape index (κ3) is 2.78.